The number of piperidine rings is 1. The zero-order valence-corrected chi connectivity index (χ0v) is 12.3. The van der Waals surface area contributed by atoms with Gasteiger partial charge in [0.05, 0.1) is 24.3 Å². The molecule has 4 nitrogen and oxygen atoms in total. The Labute approximate surface area is 121 Å². The van der Waals surface area contributed by atoms with Gasteiger partial charge in [0.25, 0.3) is 0 Å². The fourth-order valence-corrected chi connectivity index (χ4v) is 3.32. The maximum atomic E-state index is 5.52. The summed E-state index contributed by atoms with van der Waals surface area (Å²) in [5.41, 5.74) is 1.18. The van der Waals surface area contributed by atoms with Crippen LogP contribution in [0.5, 0.6) is 5.75 Å². The molecule has 0 aliphatic carbocycles. The summed E-state index contributed by atoms with van der Waals surface area (Å²) in [5, 5.41) is 0. The number of ether oxygens (including phenoxy) is 1. The van der Waals surface area contributed by atoms with E-state index >= 15 is 0 Å². The SMILES string of the molecule is C/C=C\Oc1cncc(N2CC3CCCC(C2)N3C)c1. The van der Waals surface area contributed by atoms with E-state index in [4.69, 9.17) is 4.74 Å². The number of rotatable bonds is 3. The van der Waals surface area contributed by atoms with Crippen molar-refractivity contribution in [3.63, 3.8) is 0 Å². The van der Waals surface area contributed by atoms with Crippen LogP contribution in [0.2, 0.25) is 0 Å². The standard InChI is InChI=1S/C16H23N3O/c1-3-7-20-16-8-15(9-17-10-16)19-11-13-5-4-6-14(12-19)18(13)2/h3,7-10,13-14H,4-6,11-12H2,1-2H3/b7-3-. The molecule has 2 unspecified atom stereocenters. The molecule has 0 N–H and O–H groups in total. The van der Waals surface area contributed by atoms with Gasteiger partial charge < -0.3 is 9.64 Å². The molecule has 0 aromatic carbocycles. The van der Waals surface area contributed by atoms with Crippen molar-refractivity contribution < 1.29 is 4.74 Å². The third-order valence-corrected chi connectivity index (χ3v) is 4.49. The monoisotopic (exact) mass is 273 g/mol. The Bertz CT molecular complexity index is 474. The largest absolute Gasteiger partial charge is 0.464 e. The molecule has 3 rings (SSSR count). The molecular weight excluding hydrogens is 250 g/mol. The highest BCUT2D eigenvalue weighted by Gasteiger charge is 2.34. The van der Waals surface area contributed by atoms with E-state index in [0.717, 1.165) is 18.8 Å². The lowest BCUT2D eigenvalue weighted by molar-refractivity contribution is 0.0950. The van der Waals surface area contributed by atoms with Gasteiger partial charge in [0.2, 0.25) is 0 Å². The lowest BCUT2D eigenvalue weighted by Gasteiger charge is -2.49. The van der Waals surface area contributed by atoms with Crippen LogP contribution < -0.4 is 9.64 Å². The predicted molar refractivity (Wildman–Crippen MR) is 81.1 cm³/mol. The second-order valence-corrected chi connectivity index (χ2v) is 5.78. The first-order valence-corrected chi connectivity index (χ1v) is 7.47. The highest BCUT2D eigenvalue weighted by Crippen LogP contribution is 2.30. The summed E-state index contributed by atoms with van der Waals surface area (Å²) in [7, 11) is 2.27. The van der Waals surface area contributed by atoms with Gasteiger partial charge >= 0.3 is 0 Å². The van der Waals surface area contributed by atoms with Crippen LogP contribution in [0.4, 0.5) is 5.69 Å². The minimum Gasteiger partial charge on any atom is -0.464 e. The fraction of sp³-hybridized carbons (Fsp3) is 0.562. The molecule has 2 bridgehead atoms. The van der Waals surface area contributed by atoms with Gasteiger partial charge in [-0.15, -0.1) is 0 Å². The quantitative estimate of drug-likeness (QED) is 0.792. The molecule has 2 fully saturated rings. The molecule has 2 atom stereocenters. The summed E-state index contributed by atoms with van der Waals surface area (Å²) in [6.07, 6.45) is 11.3. The lowest BCUT2D eigenvalue weighted by Crippen LogP contribution is -2.59. The summed E-state index contributed by atoms with van der Waals surface area (Å²) >= 11 is 0. The second kappa shape index (κ2) is 5.83. The van der Waals surface area contributed by atoms with Crippen LogP contribution in [-0.2, 0) is 0 Å². The van der Waals surface area contributed by atoms with Crippen molar-refractivity contribution in [3.05, 3.63) is 30.8 Å². The summed E-state index contributed by atoms with van der Waals surface area (Å²) in [4.78, 5) is 9.34. The zero-order chi connectivity index (χ0) is 13.9. The Kier molecular flexibility index (Phi) is 3.92. The van der Waals surface area contributed by atoms with Crippen molar-refractivity contribution in [2.45, 2.75) is 38.3 Å². The van der Waals surface area contributed by atoms with Crippen LogP contribution in [0.25, 0.3) is 0 Å². The number of aromatic nitrogens is 1. The van der Waals surface area contributed by atoms with Gasteiger partial charge in [0.15, 0.2) is 0 Å². The Hall–Kier alpha value is -1.55. The van der Waals surface area contributed by atoms with E-state index in [0.29, 0.717) is 12.1 Å². The average Bonchev–Trinajstić information content (AvgIpc) is 2.45. The summed E-state index contributed by atoms with van der Waals surface area (Å²) in [6, 6.07) is 3.46. The summed E-state index contributed by atoms with van der Waals surface area (Å²) in [6.45, 7) is 4.14. The smallest absolute Gasteiger partial charge is 0.146 e. The third-order valence-electron chi connectivity index (χ3n) is 4.49. The van der Waals surface area contributed by atoms with Crippen molar-refractivity contribution in [1.82, 2.24) is 9.88 Å². The van der Waals surface area contributed by atoms with Crippen LogP contribution >= 0.6 is 0 Å². The summed E-state index contributed by atoms with van der Waals surface area (Å²) < 4.78 is 5.52. The molecule has 108 valence electrons. The molecule has 2 aliphatic heterocycles. The van der Waals surface area contributed by atoms with Gasteiger partial charge in [0, 0.05) is 31.2 Å². The van der Waals surface area contributed by atoms with E-state index in [2.05, 4.69) is 27.9 Å². The molecule has 1 aromatic heterocycles. The van der Waals surface area contributed by atoms with Crippen molar-refractivity contribution in [2.75, 3.05) is 25.0 Å². The molecule has 2 saturated heterocycles. The van der Waals surface area contributed by atoms with Gasteiger partial charge in [-0.3, -0.25) is 9.88 Å². The van der Waals surface area contributed by atoms with E-state index < -0.39 is 0 Å². The van der Waals surface area contributed by atoms with E-state index in [-0.39, 0.29) is 0 Å². The minimum atomic E-state index is 0.683. The van der Waals surface area contributed by atoms with Gasteiger partial charge in [-0.25, -0.2) is 0 Å². The number of allylic oxidation sites excluding steroid dienone is 1. The Morgan fingerprint density at radius 2 is 2.00 bits per heavy atom. The first kappa shape index (κ1) is 13.4. The Balaban J connectivity index is 1.76. The van der Waals surface area contributed by atoms with Crippen LogP contribution in [0.15, 0.2) is 30.8 Å². The minimum absolute atomic E-state index is 0.683. The molecule has 1 aromatic rings. The molecule has 3 heterocycles. The number of fused-ring (bicyclic) bond motifs is 2. The Morgan fingerprint density at radius 1 is 1.25 bits per heavy atom. The predicted octanol–water partition coefficient (Wildman–Crippen LogP) is 2.67. The second-order valence-electron chi connectivity index (χ2n) is 5.78. The number of nitrogens with zero attached hydrogens (tertiary/aromatic N) is 3. The van der Waals surface area contributed by atoms with Crippen LogP contribution in [0.1, 0.15) is 26.2 Å². The first-order chi connectivity index (χ1) is 9.78. The van der Waals surface area contributed by atoms with Crippen molar-refractivity contribution >= 4 is 5.69 Å². The molecule has 0 amide bonds. The molecule has 20 heavy (non-hydrogen) atoms. The van der Waals surface area contributed by atoms with Crippen molar-refractivity contribution in [1.29, 1.82) is 0 Å². The third kappa shape index (κ3) is 2.66. The number of pyridine rings is 1. The van der Waals surface area contributed by atoms with E-state index in [1.54, 1.807) is 12.5 Å². The van der Waals surface area contributed by atoms with Gasteiger partial charge in [0.1, 0.15) is 5.75 Å². The lowest BCUT2D eigenvalue weighted by atomic mass is 9.92. The van der Waals surface area contributed by atoms with E-state index in [1.165, 1.54) is 24.9 Å². The zero-order valence-electron chi connectivity index (χ0n) is 12.3. The molecule has 0 spiro atoms. The molecule has 0 saturated carbocycles. The number of hydrogen-bond donors (Lipinski definition) is 0. The average molecular weight is 273 g/mol. The van der Waals surface area contributed by atoms with Crippen molar-refractivity contribution in [2.24, 2.45) is 0 Å². The highest BCUT2D eigenvalue weighted by atomic mass is 16.5. The van der Waals surface area contributed by atoms with Crippen LogP contribution in [-0.4, -0.2) is 42.1 Å². The molecule has 4 heteroatoms. The Morgan fingerprint density at radius 3 is 2.70 bits per heavy atom. The van der Waals surface area contributed by atoms with Gasteiger partial charge in [-0.2, -0.15) is 0 Å². The number of hydrogen-bond acceptors (Lipinski definition) is 4. The fourth-order valence-electron chi connectivity index (χ4n) is 3.32. The summed E-state index contributed by atoms with van der Waals surface area (Å²) in [5.74, 6) is 0.810. The van der Waals surface area contributed by atoms with E-state index in [1.807, 2.05) is 19.2 Å². The van der Waals surface area contributed by atoms with E-state index in [9.17, 15) is 0 Å². The van der Waals surface area contributed by atoms with Gasteiger partial charge in [-0.05, 0) is 26.8 Å². The van der Waals surface area contributed by atoms with Crippen molar-refractivity contribution in [3.8, 4) is 5.75 Å². The maximum Gasteiger partial charge on any atom is 0.146 e. The number of likely N-dealkylation sites (N-methyl/N-ethyl adjacent to an activating group) is 1. The molecular formula is C16H23N3O. The highest BCUT2D eigenvalue weighted by molar-refractivity contribution is 5.49. The normalized spacial score (nSPS) is 27.0. The number of piperazine rings is 1. The number of anilines is 1. The van der Waals surface area contributed by atoms with Gasteiger partial charge in [-0.1, -0.05) is 12.5 Å². The van der Waals surface area contributed by atoms with Crippen LogP contribution in [0.3, 0.4) is 0 Å². The first-order valence-electron chi connectivity index (χ1n) is 7.47. The molecule has 0 radical (unpaired) electrons. The maximum absolute atomic E-state index is 5.52. The topological polar surface area (TPSA) is 28.6 Å². The van der Waals surface area contributed by atoms with Crippen LogP contribution in [0, 0.1) is 0 Å². The molecule has 2 aliphatic rings.